The van der Waals surface area contributed by atoms with Crippen molar-refractivity contribution in [2.75, 3.05) is 5.32 Å². The first-order valence-electron chi connectivity index (χ1n) is 8.14. The van der Waals surface area contributed by atoms with Crippen molar-refractivity contribution in [1.82, 2.24) is 4.98 Å². The maximum absolute atomic E-state index is 12.5. The first kappa shape index (κ1) is 16.7. The lowest BCUT2D eigenvalue weighted by Gasteiger charge is -2.11. The molecule has 2 aromatic carbocycles. The van der Waals surface area contributed by atoms with Crippen LogP contribution in [0.2, 0.25) is 0 Å². The Hall–Kier alpha value is -3.14. The molecule has 1 heterocycles. The molecule has 0 spiro atoms. The second-order valence-corrected chi connectivity index (χ2v) is 5.86. The molecule has 4 heteroatoms. The third kappa shape index (κ3) is 4.23. The standard InChI is InChI=1S/C21H20N2O2/c1-15-7-6-10-19(16(15)2)23-21(24)18-11-12-22-20(13-18)25-14-17-8-4-3-5-9-17/h3-13H,14H2,1-2H3,(H,23,24). The highest BCUT2D eigenvalue weighted by molar-refractivity contribution is 6.04. The molecule has 1 amide bonds. The summed E-state index contributed by atoms with van der Waals surface area (Å²) in [7, 11) is 0. The molecule has 0 saturated heterocycles. The predicted molar refractivity (Wildman–Crippen MR) is 98.9 cm³/mol. The van der Waals surface area contributed by atoms with Gasteiger partial charge in [-0.05, 0) is 42.7 Å². The molecule has 0 atom stereocenters. The van der Waals surface area contributed by atoms with Gasteiger partial charge in [-0.25, -0.2) is 4.98 Å². The Morgan fingerprint density at radius 2 is 1.84 bits per heavy atom. The highest BCUT2D eigenvalue weighted by atomic mass is 16.5. The zero-order chi connectivity index (χ0) is 17.6. The zero-order valence-electron chi connectivity index (χ0n) is 14.3. The second-order valence-electron chi connectivity index (χ2n) is 5.86. The summed E-state index contributed by atoms with van der Waals surface area (Å²) in [5, 5.41) is 2.95. The van der Waals surface area contributed by atoms with Gasteiger partial charge in [-0.2, -0.15) is 0 Å². The van der Waals surface area contributed by atoms with Gasteiger partial charge in [0.2, 0.25) is 5.88 Å². The summed E-state index contributed by atoms with van der Waals surface area (Å²) in [4.78, 5) is 16.7. The predicted octanol–water partition coefficient (Wildman–Crippen LogP) is 4.53. The Kier molecular flexibility index (Phi) is 5.09. The van der Waals surface area contributed by atoms with Gasteiger partial charge < -0.3 is 10.1 Å². The van der Waals surface area contributed by atoms with E-state index in [1.807, 2.05) is 62.4 Å². The summed E-state index contributed by atoms with van der Waals surface area (Å²) in [5.74, 6) is 0.248. The summed E-state index contributed by atoms with van der Waals surface area (Å²) in [6.07, 6.45) is 1.58. The Bertz CT molecular complexity index is 876. The van der Waals surface area contributed by atoms with E-state index in [0.29, 0.717) is 18.1 Å². The molecule has 3 aromatic rings. The maximum atomic E-state index is 12.5. The molecular weight excluding hydrogens is 312 g/mol. The lowest BCUT2D eigenvalue weighted by atomic mass is 10.1. The van der Waals surface area contributed by atoms with E-state index in [-0.39, 0.29) is 5.91 Å². The second kappa shape index (κ2) is 7.62. The number of aryl methyl sites for hydroxylation is 1. The van der Waals surface area contributed by atoms with Crippen LogP contribution in [0.15, 0.2) is 66.9 Å². The fraction of sp³-hybridized carbons (Fsp3) is 0.143. The minimum absolute atomic E-state index is 0.180. The van der Waals surface area contributed by atoms with Crippen molar-refractivity contribution < 1.29 is 9.53 Å². The molecular formula is C21H20N2O2. The lowest BCUT2D eigenvalue weighted by Crippen LogP contribution is -2.13. The molecule has 0 fully saturated rings. The van der Waals surface area contributed by atoms with Gasteiger partial charge in [-0.15, -0.1) is 0 Å². The zero-order valence-corrected chi connectivity index (χ0v) is 14.3. The summed E-state index contributed by atoms with van der Waals surface area (Å²) < 4.78 is 5.68. The third-order valence-corrected chi connectivity index (χ3v) is 4.08. The van der Waals surface area contributed by atoms with Crippen LogP contribution in [0.3, 0.4) is 0 Å². The average molecular weight is 332 g/mol. The van der Waals surface area contributed by atoms with Gasteiger partial charge in [-0.3, -0.25) is 4.79 Å². The topological polar surface area (TPSA) is 51.2 Å². The number of nitrogens with one attached hydrogen (secondary N) is 1. The molecule has 3 rings (SSSR count). The summed E-state index contributed by atoms with van der Waals surface area (Å²) in [6, 6.07) is 19.0. The largest absolute Gasteiger partial charge is 0.473 e. The number of hydrogen-bond acceptors (Lipinski definition) is 3. The van der Waals surface area contributed by atoms with E-state index < -0.39 is 0 Å². The van der Waals surface area contributed by atoms with Crippen LogP contribution in [0.25, 0.3) is 0 Å². The van der Waals surface area contributed by atoms with E-state index >= 15 is 0 Å². The van der Waals surface area contributed by atoms with Gasteiger partial charge in [-0.1, -0.05) is 42.5 Å². The molecule has 25 heavy (non-hydrogen) atoms. The van der Waals surface area contributed by atoms with Crippen molar-refractivity contribution in [2.24, 2.45) is 0 Å². The Labute approximate surface area is 147 Å². The molecule has 126 valence electrons. The van der Waals surface area contributed by atoms with Gasteiger partial charge in [0, 0.05) is 23.5 Å². The number of pyridine rings is 1. The van der Waals surface area contributed by atoms with E-state index in [9.17, 15) is 4.79 Å². The van der Waals surface area contributed by atoms with Crippen molar-refractivity contribution in [3.05, 3.63) is 89.1 Å². The van der Waals surface area contributed by atoms with Crippen LogP contribution >= 0.6 is 0 Å². The maximum Gasteiger partial charge on any atom is 0.255 e. The monoisotopic (exact) mass is 332 g/mol. The molecule has 0 aliphatic rings. The van der Waals surface area contributed by atoms with E-state index in [0.717, 1.165) is 22.4 Å². The summed E-state index contributed by atoms with van der Waals surface area (Å²) in [6.45, 7) is 4.43. The van der Waals surface area contributed by atoms with Crippen LogP contribution < -0.4 is 10.1 Å². The van der Waals surface area contributed by atoms with E-state index in [1.165, 1.54) is 0 Å². The van der Waals surface area contributed by atoms with Gasteiger partial charge in [0.05, 0.1) is 0 Å². The minimum Gasteiger partial charge on any atom is -0.473 e. The van der Waals surface area contributed by atoms with Crippen molar-refractivity contribution >= 4 is 11.6 Å². The highest BCUT2D eigenvalue weighted by Gasteiger charge is 2.10. The van der Waals surface area contributed by atoms with E-state index in [1.54, 1.807) is 18.3 Å². The Balaban J connectivity index is 1.70. The van der Waals surface area contributed by atoms with Crippen LogP contribution in [0.1, 0.15) is 27.0 Å². The number of rotatable bonds is 5. The average Bonchev–Trinajstić information content (AvgIpc) is 2.65. The first-order chi connectivity index (χ1) is 12.1. The smallest absolute Gasteiger partial charge is 0.255 e. The quantitative estimate of drug-likeness (QED) is 0.747. The number of anilines is 1. The van der Waals surface area contributed by atoms with Gasteiger partial charge in [0.1, 0.15) is 6.61 Å². The number of hydrogen-bond donors (Lipinski definition) is 1. The van der Waals surface area contributed by atoms with E-state index in [2.05, 4.69) is 10.3 Å². The first-order valence-corrected chi connectivity index (χ1v) is 8.14. The lowest BCUT2D eigenvalue weighted by molar-refractivity contribution is 0.102. The number of benzene rings is 2. The third-order valence-electron chi connectivity index (χ3n) is 4.08. The minimum atomic E-state index is -0.180. The van der Waals surface area contributed by atoms with Crippen LogP contribution in [0.5, 0.6) is 5.88 Å². The molecule has 0 aliphatic heterocycles. The fourth-order valence-corrected chi connectivity index (χ4v) is 2.44. The molecule has 1 aromatic heterocycles. The SMILES string of the molecule is Cc1cccc(NC(=O)c2ccnc(OCc3ccccc3)c2)c1C. The number of aromatic nitrogens is 1. The van der Waals surface area contributed by atoms with Crippen LogP contribution in [0, 0.1) is 13.8 Å². The Morgan fingerprint density at radius 3 is 2.64 bits per heavy atom. The van der Waals surface area contributed by atoms with Crippen molar-refractivity contribution in [1.29, 1.82) is 0 Å². The molecule has 0 saturated carbocycles. The molecule has 0 bridgehead atoms. The normalized spacial score (nSPS) is 10.3. The van der Waals surface area contributed by atoms with Gasteiger partial charge in [0.25, 0.3) is 5.91 Å². The van der Waals surface area contributed by atoms with Crippen LogP contribution in [-0.2, 0) is 6.61 Å². The molecule has 0 aliphatic carbocycles. The highest BCUT2D eigenvalue weighted by Crippen LogP contribution is 2.19. The number of carbonyl (C=O) groups is 1. The number of carbonyl (C=O) groups excluding carboxylic acids is 1. The van der Waals surface area contributed by atoms with Gasteiger partial charge in [0.15, 0.2) is 0 Å². The van der Waals surface area contributed by atoms with Crippen molar-refractivity contribution in [3.8, 4) is 5.88 Å². The number of amides is 1. The summed E-state index contributed by atoms with van der Waals surface area (Å²) >= 11 is 0. The molecule has 1 N–H and O–H groups in total. The number of ether oxygens (including phenoxy) is 1. The molecule has 0 radical (unpaired) electrons. The van der Waals surface area contributed by atoms with Gasteiger partial charge >= 0.3 is 0 Å². The van der Waals surface area contributed by atoms with Crippen molar-refractivity contribution in [3.63, 3.8) is 0 Å². The number of nitrogens with zero attached hydrogens (tertiary/aromatic N) is 1. The Morgan fingerprint density at radius 1 is 1.04 bits per heavy atom. The molecule has 0 unspecified atom stereocenters. The molecule has 4 nitrogen and oxygen atoms in total. The van der Waals surface area contributed by atoms with Crippen molar-refractivity contribution in [2.45, 2.75) is 20.5 Å². The van der Waals surface area contributed by atoms with Crippen LogP contribution in [-0.4, -0.2) is 10.9 Å². The van der Waals surface area contributed by atoms with Crippen LogP contribution in [0.4, 0.5) is 5.69 Å². The van der Waals surface area contributed by atoms with E-state index in [4.69, 9.17) is 4.74 Å². The summed E-state index contributed by atoms with van der Waals surface area (Å²) in [5.41, 5.74) is 4.58. The fourth-order valence-electron chi connectivity index (χ4n) is 2.44.